The van der Waals surface area contributed by atoms with E-state index in [2.05, 4.69) is 40.9 Å². The number of rotatable bonds is 5. The van der Waals surface area contributed by atoms with Crippen molar-refractivity contribution < 1.29 is 4.79 Å². The van der Waals surface area contributed by atoms with Crippen LogP contribution in [-0.4, -0.2) is 78.1 Å². The van der Waals surface area contributed by atoms with E-state index in [0.29, 0.717) is 18.1 Å². The van der Waals surface area contributed by atoms with E-state index in [1.54, 1.807) is 0 Å². The highest BCUT2D eigenvalue weighted by molar-refractivity contribution is 5.74. The third-order valence-corrected chi connectivity index (χ3v) is 5.63. The van der Waals surface area contributed by atoms with Crippen molar-refractivity contribution in [2.24, 2.45) is 0 Å². The maximum absolute atomic E-state index is 12.4. The summed E-state index contributed by atoms with van der Waals surface area (Å²) in [4.78, 5) is 19.5. The normalized spacial score (nSPS) is 29.2. The zero-order valence-electron chi connectivity index (χ0n) is 14.4. The van der Waals surface area contributed by atoms with Gasteiger partial charge in [-0.25, -0.2) is 4.79 Å². The molecular weight excluding hydrogens is 276 g/mol. The van der Waals surface area contributed by atoms with Crippen LogP contribution in [0.4, 0.5) is 4.79 Å². The van der Waals surface area contributed by atoms with Gasteiger partial charge >= 0.3 is 6.03 Å². The average molecular weight is 308 g/mol. The summed E-state index contributed by atoms with van der Waals surface area (Å²) in [6.45, 7) is 8.12. The van der Waals surface area contributed by atoms with Crippen LogP contribution in [0.5, 0.6) is 0 Å². The summed E-state index contributed by atoms with van der Waals surface area (Å²) >= 11 is 0. The first-order chi connectivity index (χ1) is 10.6. The molecule has 1 aliphatic carbocycles. The second kappa shape index (κ2) is 6.75. The van der Waals surface area contributed by atoms with Crippen molar-refractivity contribution in [2.45, 2.75) is 70.1 Å². The highest BCUT2D eigenvalue weighted by Gasteiger charge is 2.39. The van der Waals surface area contributed by atoms with Crippen molar-refractivity contribution in [3.8, 4) is 0 Å². The van der Waals surface area contributed by atoms with Crippen LogP contribution in [0, 0.1) is 0 Å². The number of hydrogen-bond acceptors (Lipinski definition) is 3. The summed E-state index contributed by atoms with van der Waals surface area (Å²) in [6.07, 6.45) is 6.33. The first-order valence-electron chi connectivity index (χ1n) is 9.06. The molecule has 126 valence electrons. The van der Waals surface area contributed by atoms with Gasteiger partial charge in [0.2, 0.25) is 0 Å². The van der Waals surface area contributed by atoms with Crippen LogP contribution in [0.2, 0.25) is 0 Å². The molecule has 2 heterocycles. The molecule has 0 radical (unpaired) electrons. The van der Waals surface area contributed by atoms with Crippen LogP contribution in [0.25, 0.3) is 0 Å². The fourth-order valence-electron chi connectivity index (χ4n) is 4.29. The van der Waals surface area contributed by atoms with Crippen LogP contribution >= 0.6 is 0 Å². The van der Waals surface area contributed by atoms with E-state index in [-0.39, 0.29) is 6.03 Å². The summed E-state index contributed by atoms with van der Waals surface area (Å²) in [6, 6.07) is 2.75. The molecule has 0 aromatic heterocycles. The first-order valence-corrected chi connectivity index (χ1v) is 9.06. The molecule has 22 heavy (non-hydrogen) atoms. The van der Waals surface area contributed by atoms with Gasteiger partial charge in [0.05, 0.1) is 0 Å². The third kappa shape index (κ3) is 3.57. The fraction of sp³-hybridized carbons (Fsp3) is 0.941. The minimum atomic E-state index is 0.139. The van der Waals surface area contributed by atoms with Gasteiger partial charge in [-0.1, -0.05) is 0 Å². The molecule has 1 N–H and O–H groups in total. The van der Waals surface area contributed by atoms with Gasteiger partial charge in [0.1, 0.15) is 0 Å². The largest absolute Gasteiger partial charge is 0.337 e. The molecule has 3 fully saturated rings. The number of amides is 2. The van der Waals surface area contributed by atoms with Crippen LogP contribution < -0.4 is 5.32 Å². The Hall–Kier alpha value is -0.810. The molecule has 2 aliphatic heterocycles. The van der Waals surface area contributed by atoms with Crippen LogP contribution in [-0.2, 0) is 0 Å². The van der Waals surface area contributed by atoms with Gasteiger partial charge in [-0.3, -0.25) is 4.90 Å². The molecule has 0 unspecified atom stereocenters. The molecule has 1 saturated carbocycles. The van der Waals surface area contributed by atoms with Gasteiger partial charge in [-0.05, 0) is 53.0 Å². The smallest absolute Gasteiger partial charge is 0.317 e. The quantitative estimate of drug-likeness (QED) is 0.841. The fourth-order valence-corrected chi connectivity index (χ4v) is 4.29. The molecule has 0 aromatic rings. The Balaban J connectivity index is 1.46. The summed E-state index contributed by atoms with van der Waals surface area (Å²) < 4.78 is 0. The Kier molecular flexibility index (Phi) is 4.93. The lowest BCUT2D eigenvalue weighted by molar-refractivity contribution is 0.147. The van der Waals surface area contributed by atoms with E-state index in [1.165, 1.54) is 25.7 Å². The topological polar surface area (TPSA) is 38.8 Å². The number of carbonyl (C=O) groups excluding carboxylic acids is 1. The molecule has 0 spiro atoms. The Labute approximate surface area is 135 Å². The number of fused-ring (bicyclic) bond motifs is 2. The molecule has 5 heteroatoms. The molecule has 2 amide bonds. The van der Waals surface area contributed by atoms with Crippen molar-refractivity contribution in [1.82, 2.24) is 20.0 Å². The van der Waals surface area contributed by atoms with E-state index in [0.717, 1.165) is 38.6 Å². The number of likely N-dealkylation sites (tertiary alicyclic amines) is 1. The maximum Gasteiger partial charge on any atom is 0.317 e. The third-order valence-electron chi connectivity index (χ3n) is 5.63. The van der Waals surface area contributed by atoms with Crippen molar-refractivity contribution in [3.05, 3.63) is 0 Å². The zero-order valence-corrected chi connectivity index (χ0v) is 14.4. The Bertz CT molecular complexity index is 396. The summed E-state index contributed by atoms with van der Waals surface area (Å²) in [5, 5.41) is 3.12. The van der Waals surface area contributed by atoms with Crippen LogP contribution in [0.15, 0.2) is 0 Å². The number of hydrogen-bond donors (Lipinski definition) is 1. The van der Waals surface area contributed by atoms with Crippen molar-refractivity contribution >= 4 is 6.03 Å². The molecule has 3 rings (SSSR count). The number of nitrogens with one attached hydrogen (secondary N) is 1. The van der Waals surface area contributed by atoms with E-state index >= 15 is 0 Å². The van der Waals surface area contributed by atoms with Crippen LogP contribution in [0.3, 0.4) is 0 Å². The number of carbonyl (C=O) groups is 1. The van der Waals surface area contributed by atoms with Crippen LogP contribution in [0.1, 0.15) is 46.0 Å². The Morgan fingerprint density at radius 3 is 2.59 bits per heavy atom. The summed E-state index contributed by atoms with van der Waals surface area (Å²) in [7, 11) is 2.16. The molecular formula is C17H32N4O. The molecule has 2 saturated heterocycles. The maximum atomic E-state index is 12.4. The lowest BCUT2D eigenvalue weighted by atomic mass is 10.1. The molecule has 2 bridgehead atoms. The molecule has 5 nitrogen and oxygen atoms in total. The van der Waals surface area contributed by atoms with E-state index in [1.807, 2.05) is 0 Å². The second-order valence-corrected chi connectivity index (χ2v) is 7.60. The summed E-state index contributed by atoms with van der Waals surface area (Å²) in [5.74, 6) is 0. The highest BCUT2D eigenvalue weighted by Crippen LogP contribution is 2.32. The average Bonchev–Trinajstić information content (AvgIpc) is 3.23. The minimum Gasteiger partial charge on any atom is -0.337 e. The lowest BCUT2D eigenvalue weighted by Crippen LogP contribution is -2.47. The van der Waals surface area contributed by atoms with E-state index in [9.17, 15) is 4.79 Å². The van der Waals surface area contributed by atoms with Gasteiger partial charge in [-0.15, -0.1) is 0 Å². The van der Waals surface area contributed by atoms with E-state index in [4.69, 9.17) is 0 Å². The van der Waals surface area contributed by atoms with Crippen molar-refractivity contribution in [1.29, 1.82) is 0 Å². The number of likely N-dealkylation sites (N-methyl/N-ethyl adjacent to an activating group) is 1. The van der Waals surface area contributed by atoms with Gasteiger partial charge in [0.15, 0.2) is 0 Å². The standard InChI is InChI=1S/C17H32N4O/c1-13(2)21-15-6-7-16(21)12-20(10-8-15)17(22)18-9-11-19(3)14-4-5-14/h13-16H,4-12H2,1-3H3,(H,18,22)/t15-,16-/m0/s1. The second-order valence-electron chi connectivity index (χ2n) is 7.60. The number of nitrogens with zero attached hydrogens (tertiary/aromatic N) is 3. The molecule has 0 aromatic carbocycles. The monoisotopic (exact) mass is 308 g/mol. The molecule has 3 aliphatic rings. The highest BCUT2D eigenvalue weighted by atomic mass is 16.2. The van der Waals surface area contributed by atoms with E-state index < -0.39 is 0 Å². The first kappa shape index (κ1) is 16.1. The van der Waals surface area contributed by atoms with Gasteiger partial charge in [-0.2, -0.15) is 0 Å². The lowest BCUT2D eigenvalue weighted by Gasteiger charge is -2.32. The van der Waals surface area contributed by atoms with Gasteiger partial charge in [0, 0.05) is 50.3 Å². The number of urea groups is 1. The SMILES string of the molecule is CC(C)N1[C@H]2CC[C@H]1CN(C(=O)NCCN(C)C1CC1)CC2. The Morgan fingerprint density at radius 1 is 1.18 bits per heavy atom. The van der Waals surface area contributed by atoms with Gasteiger partial charge < -0.3 is 15.1 Å². The van der Waals surface area contributed by atoms with Crippen molar-refractivity contribution in [3.63, 3.8) is 0 Å². The van der Waals surface area contributed by atoms with Gasteiger partial charge in [0.25, 0.3) is 0 Å². The zero-order chi connectivity index (χ0) is 15.7. The Morgan fingerprint density at radius 2 is 1.91 bits per heavy atom. The van der Waals surface area contributed by atoms with Crippen molar-refractivity contribution in [2.75, 3.05) is 33.2 Å². The predicted octanol–water partition coefficient (Wildman–Crippen LogP) is 1.74. The molecule has 2 atom stereocenters. The predicted molar refractivity (Wildman–Crippen MR) is 89.0 cm³/mol. The minimum absolute atomic E-state index is 0.139. The summed E-state index contributed by atoms with van der Waals surface area (Å²) in [5.41, 5.74) is 0.